The summed E-state index contributed by atoms with van der Waals surface area (Å²) in [6, 6.07) is 0. The molecule has 23 heavy (non-hydrogen) atoms. The van der Waals surface area contributed by atoms with Gasteiger partial charge in [-0.1, -0.05) is 45.1 Å². The number of likely N-dealkylation sites (N-methyl/N-ethyl adjacent to an activating group) is 1. The fourth-order valence-electron chi connectivity index (χ4n) is 3.21. The van der Waals surface area contributed by atoms with Crippen LogP contribution in [0.4, 0.5) is 0 Å². The molecule has 1 amide bonds. The number of nitrogens with one attached hydrogen (secondary N) is 1. The standard InChI is InChI=1S/C19H35N3O/c1-4-6-7-8-9-10-11-12-13-19-21-15-17-22(19,5-2)16-14-20-18(3)23/h12-13,15,19H,4-11,14,16-17H2,1-3H3/p+1/b13-12+. The number of aliphatic imine (C=N–C) groups is 1. The molecule has 0 spiro atoms. The van der Waals surface area contributed by atoms with Crippen LogP contribution in [0.1, 0.15) is 65.7 Å². The van der Waals surface area contributed by atoms with Crippen molar-refractivity contribution in [1.82, 2.24) is 5.32 Å². The summed E-state index contributed by atoms with van der Waals surface area (Å²) in [5, 5.41) is 2.92. The van der Waals surface area contributed by atoms with Crippen molar-refractivity contribution in [1.29, 1.82) is 0 Å². The Morgan fingerprint density at radius 1 is 1.26 bits per heavy atom. The van der Waals surface area contributed by atoms with Gasteiger partial charge in [0.2, 0.25) is 12.1 Å². The first-order valence-corrected chi connectivity index (χ1v) is 9.43. The largest absolute Gasteiger partial charge is 0.351 e. The fourth-order valence-corrected chi connectivity index (χ4v) is 3.21. The monoisotopic (exact) mass is 322 g/mol. The van der Waals surface area contributed by atoms with Crippen molar-refractivity contribution in [3.63, 3.8) is 0 Å². The van der Waals surface area contributed by atoms with Crippen LogP contribution in [0.2, 0.25) is 0 Å². The van der Waals surface area contributed by atoms with Gasteiger partial charge in [0.25, 0.3) is 0 Å². The molecule has 1 aliphatic heterocycles. The van der Waals surface area contributed by atoms with Crippen molar-refractivity contribution in [2.45, 2.75) is 71.9 Å². The summed E-state index contributed by atoms with van der Waals surface area (Å²) in [7, 11) is 0. The number of allylic oxidation sites excluding steroid dienone is 1. The topological polar surface area (TPSA) is 41.5 Å². The molecule has 0 saturated carbocycles. The van der Waals surface area contributed by atoms with Crippen LogP contribution in [0.25, 0.3) is 0 Å². The zero-order valence-electron chi connectivity index (χ0n) is 15.4. The Bertz CT molecular complexity index is 392. The first kappa shape index (κ1) is 19.9. The van der Waals surface area contributed by atoms with E-state index in [9.17, 15) is 4.79 Å². The Morgan fingerprint density at radius 3 is 2.70 bits per heavy atom. The van der Waals surface area contributed by atoms with Crippen molar-refractivity contribution in [2.75, 3.05) is 26.2 Å². The normalized spacial score (nSPS) is 23.7. The lowest BCUT2D eigenvalue weighted by molar-refractivity contribution is -0.928. The average Bonchev–Trinajstić information content (AvgIpc) is 2.93. The van der Waals surface area contributed by atoms with Crippen molar-refractivity contribution in [3.05, 3.63) is 12.2 Å². The Balaban J connectivity index is 2.33. The minimum absolute atomic E-state index is 0.0505. The lowest BCUT2D eigenvalue weighted by Crippen LogP contribution is -2.54. The summed E-state index contributed by atoms with van der Waals surface area (Å²) in [6.07, 6.45) is 16.1. The Labute approximate surface area is 142 Å². The highest BCUT2D eigenvalue weighted by Gasteiger charge is 2.35. The summed E-state index contributed by atoms with van der Waals surface area (Å²) in [6.45, 7) is 9.75. The minimum atomic E-state index is 0.0505. The lowest BCUT2D eigenvalue weighted by Gasteiger charge is -2.36. The SMILES string of the molecule is CCCCCCCC/C=C/C1N=CC[N+]1(CC)CCNC(C)=O. The molecular formula is C19H36N3O+. The molecule has 1 heterocycles. The van der Waals surface area contributed by atoms with Gasteiger partial charge in [0, 0.05) is 6.92 Å². The molecule has 0 aromatic carbocycles. The van der Waals surface area contributed by atoms with Gasteiger partial charge < -0.3 is 5.32 Å². The molecule has 0 aromatic rings. The second kappa shape index (κ2) is 11.4. The van der Waals surface area contributed by atoms with E-state index in [2.05, 4.69) is 42.5 Å². The van der Waals surface area contributed by atoms with Crippen molar-refractivity contribution in [3.8, 4) is 0 Å². The maximum atomic E-state index is 11.1. The second-order valence-corrected chi connectivity index (χ2v) is 6.65. The maximum absolute atomic E-state index is 11.1. The molecule has 0 aliphatic carbocycles. The maximum Gasteiger partial charge on any atom is 0.217 e. The highest BCUT2D eigenvalue weighted by Crippen LogP contribution is 2.20. The van der Waals surface area contributed by atoms with E-state index in [0.29, 0.717) is 0 Å². The van der Waals surface area contributed by atoms with E-state index < -0.39 is 0 Å². The van der Waals surface area contributed by atoms with E-state index in [0.717, 1.165) is 37.1 Å². The highest BCUT2D eigenvalue weighted by atomic mass is 16.1. The molecular weight excluding hydrogens is 286 g/mol. The van der Waals surface area contributed by atoms with Crippen LogP contribution in [-0.4, -0.2) is 48.9 Å². The lowest BCUT2D eigenvalue weighted by atomic mass is 10.1. The van der Waals surface area contributed by atoms with Crippen LogP contribution in [0, 0.1) is 0 Å². The average molecular weight is 323 g/mol. The number of carbonyl (C=O) groups excluding carboxylic acids is 1. The zero-order chi connectivity index (χ0) is 17.0. The molecule has 2 unspecified atom stereocenters. The van der Waals surface area contributed by atoms with E-state index in [4.69, 9.17) is 0 Å². The number of hydrogen-bond acceptors (Lipinski definition) is 2. The number of unbranched alkanes of at least 4 members (excludes halogenated alkanes) is 6. The van der Waals surface area contributed by atoms with E-state index in [1.807, 2.05) is 0 Å². The van der Waals surface area contributed by atoms with E-state index in [1.54, 1.807) is 6.92 Å². The minimum Gasteiger partial charge on any atom is -0.351 e. The van der Waals surface area contributed by atoms with Gasteiger partial charge >= 0.3 is 0 Å². The molecule has 0 saturated heterocycles. The third-order valence-corrected chi connectivity index (χ3v) is 4.86. The third-order valence-electron chi connectivity index (χ3n) is 4.86. The number of nitrogens with zero attached hydrogens (tertiary/aromatic N) is 2. The van der Waals surface area contributed by atoms with Gasteiger partial charge in [0.05, 0.1) is 25.8 Å². The number of amides is 1. The molecule has 0 radical (unpaired) electrons. The Hall–Kier alpha value is -1.16. The Morgan fingerprint density at radius 2 is 2.00 bits per heavy atom. The summed E-state index contributed by atoms with van der Waals surface area (Å²) in [4.78, 5) is 15.7. The third kappa shape index (κ3) is 7.30. The van der Waals surface area contributed by atoms with E-state index in [1.165, 1.54) is 38.5 Å². The second-order valence-electron chi connectivity index (χ2n) is 6.65. The molecule has 1 aliphatic rings. The zero-order valence-corrected chi connectivity index (χ0v) is 15.4. The van der Waals surface area contributed by atoms with Crippen LogP contribution in [-0.2, 0) is 4.79 Å². The molecule has 1 rings (SSSR count). The van der Waals surface area contributed by atoms with Crippen LogP contribution in [0.15, 0.2) is 17.1 Å². The predicted molar refractivity (Wildman–Crippen MR) is 98.6 cm³/mol. The number of hydrogen-bond donors (Lipinski definition) is 1. The summed E-state index contributed by atoms with van der Waals surface area (Å²) in [5.74, 6) is 0.0505. The molecule has 0 fully saturated rings. The van der Waals surface area contributed by atoms with Crippen LogP contribution < -0.4 is 5.32 Å². The number of carbonyl (C=O) groups is 1. The van der Waals surface area contributed by atoms with Gasteiger partial charge in [-0.15, -0.1) is 0 Å². The highest BCUT2D eigenvalue weighted by molar-refractivity contribution is 5.72. The molecule has 0 bridgehead atoms. The quantitative estimate of drug-likeness (QED) is 0.332. The summed E-state index contributed by atoms with van der Waals surface area (Å²) >= 11 is 0. The first-order valence-electron chi connectivity index (χ1n) is 9.43. The summed E-state index contributed by atoms with van der Waals surface area (Å²) < 4.78 is 0.938. The molecule has 1 N–H and O–H groups in total. The van der Waals surface area contributed by atoms with E-state index in [-0.39, 0.29) is 12.1 Å². The van der Waals surface area contributed by atoms with Gasteiger partial charge in [0.15, 0.2) is 0 Å². The molecule has 2 atom stereocenters. The first-order chi connectivity index (χ1) is 11.1. The number of quaternary nitrogens is 1. The van der Waals surface area contributed by atoms with Crippen molar-refractivity contribution in [2.24, 2.45) is 4.99 Å². The van der Waals surface area contributed by atoms with Gasteiger partial charge in [0.1, 0.15) is 6.54 Å². The molecule has 0 aromatic heterocycles. The fraction of sp³-hybridized carbons (Fsp3) is 0.789. The van der Waals surface area contributed by atoms with Gasteiger partial charge in [-0.25, -0.2) is 4.99 Å². The number of rotatable bonds is 12. The van der Waals surface area contributed by atoms with Gasteiger partial charge in [-0.3, -0.25) is 9.28 Å². The van der Waals surface area contributed by atoms with Crippen molar-refractivity contribution >= 4 is 12.1 Å². The smallest absolute Gasteiger partial charge is 0.217 e. The summed E-state index contributed by atoms with van der Waals surface area (Å²) in [5.41, 5.74) is 0. The molecule has 4 heteroatoms. The van der Waals surface area contributed by atoms with Gasteiger partial charge in [-0.2, -0.15) is 0 Å². The van der Waals surface area contributed by atoms with Crippen LogP contribution in [0.5, 0.6) is 0 Å². The van der Waals surface area contributed by atoms with Crippen molar-refractivity contribution < 1.29 is 9.28 Å². The van der Waals surface area contributed by atoms with E-state index >= 15 is 0 Å². The molecule has 132 valence electrons. The predicted octanol–water partition coefficient (Wildman–Crippen LogP) is 3.68. The van der Waals surface area contributed by atoms with Gasteiger partial charge in [-0.05, 0) is 25.8 Å². The van der Waals surface area contributed by atoms with Crippen LogP contribution >= 0.6 is 0 Å². The molecule has 4 nitrogen and oxygen atoms in total. The van der Waals surface area contributed by atoms with Crippen LogP contribution in [0.3, 0.4) is 0 Å². The Kier molecular flexibility index (Phi) is 9.85.